The van der Waals surface area contributed by atoms with Gasteiger partial charge in [0.25, 0.3) is 0 Å². The van der Waals surface area contributed by atoms with Crippen LogP contribution in [-0.2, 0) is 0 Å². The molecule has 1 saturated carbocycles. The van der Waals surface area contributed by atoms with Gasteiger partial charge in [0.15, 0.2) is 0 Å². The fourth-order valence-electron chi connectivity index (χ4n) is 3.53. The van der Waals surface area contributed by atoms with E-state index < -0.39 is 0 Å². The molecule has 0 amide bonds. The zero-order valence-corrected chi connectivity index (χ0v) is 14.0. The van der Waals surface area contributed by atoms with Crippen LogP contribution in [0.15, 0.2) is 0 Å². The second-order valence-corrected chi connectivity index (χ2v) is 7.55. The molecule has 1 fully saturated rings. The Hall–Kier alpha value is -0.0400. The van der Waals surface area contributed by atoms with Crippen LogP contribution in [0.3, 0.4) is 0 Å². The second kappa shape index (κ2) is 9.80. The minimum atomic E-state index is 0.803. The molecule has 0 aliphatic heterocycles. The van der Waals surface area contributed by atoms with Gasteiger partial charge in [0.05, 0.1) is 0 Å². The van der Waals surface area contributed by atoms with Crippen molar-refractivity contribution in [2.45, 2.75) is 79.1 Å². The van der Waals surface area contributed by atoms with Crippen LogP contribution in [0, 0.1) is 17.8 Å². The summed E-state index contributed by atoms with van der Waals surface area (Å²) in [6.45, 7) is 13.3. The molecule has 19 heavy (non-hydrogen) atoms. The molecule has 1 aliphatic rings. The molecule has 0 unspecified atom stereocenters. The molecule has 0 atom stereocenters. The first-order valence-electron chi connectivity index (χ1n) is 8.80. The molecule has 0 aromatic heterocycles. The fourth-order valence-corrected chi connectivity index (χ4v) is 3.53. The monoisotopic (exact) mass is 267 g/mol. The lowest BCUT2D eigenvalue weighted by Crippen LogP contribution is -2.32. The molecule has 1 aliphatic carbocycles. The van der Waals surface area contributed by atoms with Crippen LogP contribution in [0.4, 0.5) is 0 Å². The highest BCUT2D eigenvalue weighted by Crippen LogP contribution is 2.27. The van der Waals surface area contributed by atoms with Crippen molar-refractivity contribution in [3.63, 3.8) is 0 Å². The SMILES string of the molecule is CC(C)CN(CCCCC1CCCCC1)CC(C)C. The van der Waals surface area contributed by atoms with Gasteiger partial charge in [0.1, 0.15) is 0 Å². The van der Waals surface area contributed by atoms with Crippen molar-refractivity contribution < 1.29 is 0 Å². The average molecular weight is 268 g/mol. The van der Waals surface area contributed by atoms with Crippen LogP contribution in [0.25, 0.3) is 0 Å². The highest BCUT2D eigenvalue weighted by atomic mass is 15.1. The molecule has 0 spiro atoms. The van der Waals surface area contributed by atoms with Gasteiger partial charge in [-0.1, -0.05) is 72.6 Å². The summed E-state index contributed by atoms with van der Waals surface area (Å²) in [6, 6.07) is 0. The van der Waals surface area contributed by atoms with Crippen LogP contribution in [0.5, 0.6) is 0 Å². The van der Waals surface area contributed by atoms with Crippen molar-refractivity contribution in [1.82, 2.24) is 4.90 Å². The number of rotatable bonds is 9. The number of unbranched alkanes of at least 4 members (excludes halogenated alkanes) is 1. The van der Waals surface area contributed by atoms with Crippen LogP contribution >= 0.6 is 0 Å². The van der Waals surface area contributed by atoms with Crippen molar-refractivity contribution in [3.8, 4) is 0 Å². The zero-order valence-electron chi connectivity index (χ0n) is 14.0. The van der Waals surface area contributed by atoms with E-state index in [2.05, 4.69) is 32.6 Å². The first-order chi connectivity index (χ1) is 9.08. The third-order valence-corrected chi connectivity index (χ3v) is 4.31. The quantitative estimate of drug-likeness (QED) is 0.509. The summed E-state index contributed by atoms with van der Waals surface area (Å²) in [5, 5.41) is 0. The molecule has 0 radical (unpaired) electrons. The highest BCUT2D eigenvalue weighted by molar-refractivity contribution is 4.67. The van der Waals surface area contributed by atoms with E-state index in [1.54, 1.807) is 0 Å². The maximum absolute atomic E-state index is 2.69. The maximum Gasteiger partial charge on any atom is 0.000449 e. The lowest BCUT2D eigenvalue weighted by atomic mass is 9.86. The van der Waals surface area contributed by atoms with E-state index in [-0.39, 0.29) is 0 Å². The van der Waals surface area contributed by atoms with Crippen LogP contribution < -0.4 is 0 Å². The Morgan fingerprint density at radius 3 is 1.95 bits per heavy atom. The van der Waals surface area contributed by atoms with Gasteiger partial charge < -0.3 is 4.90 Å². The Bertz CT molecular complexity index is 194. The summed E-state index contributed by atoms with van der Waals surface area (Å²) in [4.78, 5) is 2.69. The third-order valence-electron chi connectivity index (χ3n) is 4.31. The van der Waals surface area contributed by atoms with Crippen LogP contribution in [0.1, 0.15) is 79.1 Å². The minimum Gasteiger partial charge on any atom is -0.303 e. The second-order valence-electron chi connectivity index (χ2n) is 7.55. The van der Waals surface area contributed by atoms with Crippen molar-refractivity contribution in [1.29, 1.82) is 0 Å². The fraction of sp³-hybridized carbons (Fsp3) is 1.00. The van der Waals surface area contributed by atoms with Gasteiger partial charge in [-0.25, -0.2) is 0 Å². The van der Waals surface area contributed by atoms with Gasteiger partial charge in [0, 0.05) is 13.1 Å². The summed E-state index contributed by atoms with van der Waals surface area (Å²) in [6.07, 6.45) is 11.9. The van der Waals surface area contributed by atoms with Gasteiger partial charge in [-0.15, -0.1) is 0 Å². The van der Waals surface area contributed by atoms with Crippen LogP contribution in [-0.4, -0.2) is 24.5 Å². The summed E-state index contributed by atoms with van der Waals surface area (Å²) in [5.41, 5.74) is 0. The highest BCUT2D eigenvalue weighted by Gasteiger charge is 2.13. The maximum atomic E-state index is 2.69. The van der Waals surface area contributed by atoms with E-state index in [1.165, 1.54) is 71.0 Å². The number of hydrogen-bond donors (Lipinski definition) is 0. The normalized spacial score (nSPS) is 17.8. The van der Waals surface area contributed by atoms with Gasteiger partial charge >= 0.3 is 0 Å². The van der Waals surface area contributed by atoms with E-state index >= 15 is 0 Å². The predicted molar refractivity (Wildman–Crippen MR) is 86.5 cm³/mol. The first-order valence-corrected chi connectivity index (χ1v) is 8.80. The van der Waals surface area contributed by atoms with E-state index in [9.17, 15) is 0 Å². The zero-order chi connectivity index (χ0) is 14.1. The average Bonchev–Trinajstić information content (AvgIpc) is 2.34. The lowest BCUT2D eigenvalue weighted by Gasteiger charge is -2.26. The number of hydrogen-bond acceptors (Lipinski definition) is 1. The Morgan fingerprint density at radius 2 is 1.42 bits per heavy atom. The molecule has 1 rings (SSSR count). The molecular weight excluding hydrogens is 230 g/mol. The molecule has 0 aromatic carbocycles. The smallest absolute Gasteiger partial charge is 0.000449 e. The van der Waals surface area contributed by atoms with Crippen molar-refractivity contribution in [2.75, 3.05) is 19.6 Å². The first kappa shape index (κ1) is 17.0. The summed E-state index contributed by atoms with van der Waals surface area (Å²) in [5.74, 6) is 2.67. The molecular formula is C18H37N. The molecule has 1 nitrogen and oxygen atoms in total. The summed E-state index contributed by atoms with van der Waals surface area (Å²) >= 11 is 0. The van der Waals surface area contributed by atoms with E-state index in [4.69, 9.17) is 0 Å². The van der Waals surface area contributed by atoms with E-state index in [0.717, 1.165) is 17.8 Å². The molecule has 1 heteroatoms. The van der Waals surface area contributed by atoms with Crippen molar-refractivity contribution >= 4 is 0 Å². The number of nitrogens with zero attached hydrogens (tertiary/aromatic N) is 1. The topological polar surface area (TPSA) is 3.24 Å². The lowest BCUT2D eigenvalue weighted by molar-refractivity contribution is 0.211. The van der Waals surface area contributed by atoms with Crippen molar-refractivity contribution in [2.24, 2.45) is 17.8 Å². The molecule has 0 heterocycles. The molecule has 0 aromatic rings. The van der Waals surface area contributed by atoms with E-state index in [0.29, 0.717) is 0 Å². The largest absolute Gasteiger partial charge is 0.303 e. The summed E-state index contributed by atoms with van der Waals surface area (Å²) in [7, 11) is 0. The third kappa shape index (κ3) is 8.68. The standard InChI is InChI=1S/C18H37N/c1-16(2)14-19(15-17(3)4)13-9-8-12-18-10-6-5-7-11-18/h16-18H,5-15H2,1-4H3. The van der Waals surface area contributed by atoms with Crippen molar-refractivity contribution in [3.05, 3.63) is 0 Å². The predicted octanol–water partition coefficient (Wildman–Crippen LogP) is 5.35. The Kier molecular flexibility index (Phi) is 8.77. The van der Waals surface area contributed by atoms with Gasteiger partial charge in [-0.05, 0) is 30.7 Å². The summed E-state index contributed by atoms with van der Waals surface area (Å²) < 4.78 is 0. The molecule has 0 N–H and O–H groups in total. The molecule has 114 valence electrons. The van der Waals surface area contributed by atoms with Gasteiger partial charge in [-0.2, -0.15) is 0 Å². The Morgan fingerprint density at radius 1 is 0.842 bits per heavy atom. The van der Waals surface area contributed by atoms with Gasteiger partial charge in [0.2, 0.25) is 0 Å². The Balaban J connectivity index is 2.12. The van der Waals surface area contributed by atoms with Gasteiger partial charge in [-0.3, -0.25) is 0 Å². The molecule has 0 saturated heterocycles. The minimum absolute atomic E-state index is 0.803. The Labute approximate surface area is 122 Å². The van der Waals surface area contributed by atoms with Crippen LogP contribution in [0.2, 0.25) is 0 Å². The molecule has 0 bridgehead atoms. The van der Waals surface area contributed by atoms with E-state index in [1.807, 2.05) is 0 Å².